The Morgan fingerprint density at radius 1 is 1.00 bits per heavy atom. The Hall–Kier alpha value is -3.14. The van der Waals surface area contributed by atoms with Crippen LogP contribution in [0.15, 0.2) is 53.7 Å². The van der Waals surface area contributed by atoms with Gasteiger partial charge < -0.3 is 14.5 Å². The van der Waals surface area contributed by atoms with Crippen LogP contribution in [-0.2, 0) is 14.8 Å². The zero-order chi connectivity index (χ0) is 22.4. The number of carbonyl (C=O) groups excluding carboxylic acids is 2. The van der Waals surface area contributed by atoms with Crippen molar-refractivity contribution in [3.8, 4) is 0 Å². The lowest BCUT2D eigenvalue weighted by Crippen LogP contribution is -2.50. The van der Waals surface area contributed by atoms with Gasteiger partial charge in [0.25, 0.3) is 15.9 Å². The number of sulfonamides is 1. The van der Waals surface area contributed by atoms with Crippen molar-refractivity contribution in [2.75, 3.05) is 37.5 Å². The summed E-state index contributed by atoms with van der Waals surface area (Å²) >= 11 is 0. The van der Waals surface area contributed by atoms with Crippen molar-refractivity contribution in [3.05, 3.63) is 54.4 Å². The van der Waals surface area contributed by atoms with Crippen molar-refractivity contribution in [2.24, 2.45) is 5.92 Å². The zero-order valence-electron chi connectivity index (χ0n) is 17.5. The monoisotopic (exact) mass is 446 g/mol. The third kappa shape index (κ3) is 5.94. The summed E-state index contributed by atoms with van der Waals surface area (Å²) in [6.45, 7) is 5.86. The number of pyridine rings is 1. The van der Waals surface area contributed by atoms with Crippen LogP contribution in [-0.4, -0.2) is 68.0 Å². The maximum atomic E-state index is 12.8. The second-order valence-corrected chi connectivity index (χ2v) is 9.30. The van der Waals surface area contributed by atoms with Crippen LogP contribution in [0, 0.1) is 5.92 Å². The van der Waals surface area contributed by atoms with E-state index in [9.17, 15) is 18.0 Å². The Morgan fingerprint density at radius 2 is 1.58 bits per heavy atom. The number of ether oxygens (including phenoxy) is 1. The van der Waals surface area contributed by atoms with E-state index in [0.717, 1.165) is 0 Å². The number of rotatable bonds is 6. The van der Waals surface area contributed by atoms with Gasteiger partial charge in [-0.15, -0.1) is 0 Å². The molecule has 1 aromatic heterocycles. The Morgan fingerprint density at radius 3 is 2.16 bits per heavy atom. The van der Waals surface area contributed by atoms with Gasteiger partial charge in [-0.2, -0.15) is 0 Å². The van der Waals surface area contributed by atoms with Gasteiger partial charge in [-0.05, 0) is 42.3 Å². The highest BCUT2D eigenvalue weighted by Crippen LogP contribution is 2.17. The Kier molecular flexibility index (Phi) is 7.11. The molecule has 1 N–H and O–H groups in total. The molecule has 9 nitrogen and oxygen atoms in total. The fraction of sp³-hybridized carbons (Fsp3) is 0.381. The van der Waals surface area contributed by atoms with Gasteiger partial charge in [0, 0.05) is 44.1 Å². The van der Waals surface area contributed by atoms with Crippen LogP contribution in [0.4, 0.5) is 10.5 Å². The molecule has 31 heavy (non-hydrogen) atoms. The van der Waals surface area contributed by atoms with E-state index in [0.29, 0.717) is 44.0 Å². The molecule has 1 saturated heterocycles. The molecule has 10 heteroatoms. The average Bonchev–Trinajstić information content (AvgIpc) is 2.77. The lowest BCUT2D eigenvalue weighted by molar-refractivity contribution is 0.0535. The molecular formula is C21H26N4O5S. The molecule has 2 amide bonds. The summed E-state index contributed by atoms with van der Waals surface area (Å²) in [6, 6.07) is 8.88. The highest BCUT2D eigenvalue weighted by Gasteiger charge is 2.26. The number of benzene rings is 1. The number of anilines is 1. The van der Waals surface area contributed by atoms with Gasteiger partial charge >= 0.3 is 6.09 Å². The predicted molar refractivity (Wildman–Crippen MR) is 115 cm³/mol. The highest BCUT2D eigenvalue weighted by molar-refractivity contribution is 7.92. The van der Waals surface area contributed by atoms with Gasteiger partial charge in [-0.3, -0.25) is 14.5 Å². The van der Waals surface area contributed by atoms with Crippen molar-refractivity contribution < 1.29 is 22.7 Å². The van der Waals surface area contributed by atoms with Crippen LogP contribution < -0.4 is 4.72 Å². The van der Waals surface area contributed by atoms with E-state index in [1.807, 2.05) is 13.8 Å². The lowest BCUT2D eigenvalue weighted by atomic mass is 10.2. The Labute approximate surface area is 182 Å². The number of amides is 2. The number of hydrogen-bond donors (Lipinski definition) is 1. The van der Waals surface area contributed by atoms with E-state index >= 15 is 0 Å². The third-order valence-electron chi connectivity index (χ3n) is 4.71. The van der Waals surface area contributed by atoms with Crippen LogP contribution in [0.5, 0.6) is 0 Å². The van der Waals surface area contributed by atoms with Crippen LogP contribution in [0.2, 0.25) is 0 Å². The summed E-state index contributed by atoms with van der Waals surface area (Å²) in [6.07, 6.45) is 2.62. The first-order valence-corrected chi connectivity index (χ1v) is 11.5. The van der Waals surface area contributed by atoms with Gasteiger partial charge in [0.1, 0.15) is 0 Å². The first-order valence-electron chi connectivity index (χ1n) is 10.00. The number of aromatic nitrogens is 1. The fourth-order valence-corrected chi connectivity index (χ4v) is 4.07. The highest BCUT2D eigenvalue weighted by atomic mass is 32.2. The van der Waals surface area contributed by atoms with Gasteiger partial charge in [0.15, 0.2) is 0 Å². The predicted octanol–water partition coefficient (Wildman–Crippen LogP) is 2.43. The quantitative estimate of drug-likeness (QED) is 0.730. The molecule has 166 valence electrons. The number of nitrogens with zero attached hydrogens (tertiary/aromatic N) is 3. The second-order valence-electron chi connectivity index (χ2n) is 7.62. The molecule has 0 unspecified atom stereocenters. The van der Waals surface area contributed by atoms with E-state index in [-0.39, 0.29) is 22.8 Å². The first-order chi connectivity index (χ1) is 14.8. The molecule has 1 aromatic carbocycles. The summed E-state index contributed by atoms with van der Waals surface area (Å²) < 4.78 is 32.7. The number of piperazine rings is 1. The topological polar surface area (TPSA) is 109 Å². The fourth-order valence-electron chi connectivity index (χ4n) is 3.01. The average molecular weight is 447 g/mol. The lowest BCUT2D eigenvalue weighted by Gasteiger charge is -2.34. The Bertz CT molecular complexity index is 1000. The van der Waals surface area contributed by atoms with E-state index in [1.54, 1.807) is 21.9 Å². The summed E-state index contributed by atoms with van der Waals surface area (Å²) in [5.41, 5.74) is 0.790. The van der Waals surface area contributed by atoms with Crippen LogP contribution in [0.3, 0.4) is 0 Å². The van der Waals surface area contributed by atoms with E-state index in [1.165, 1.54) is 36.7 Å². The second kappa shape index (κ2) is 9.78. The normalized spacial score (nSPS) is 14.4. The summed E-state index contributed by atoms with van der Waals surface area (Å²) in [4.78, 5) is 31.9. The maximum absolute atomic E-state index is 12.8. The zero-order valence-corrected chi connectivity index (χ0v) is 18.3. The number of hydrogen-bond acceptors (Lipinski definition) is 6. The molecule has 1 aliphatic heterocycles. The molecule has 0 spiro atoms. The Balaban J connectivity index is 1.58. The molecule has 2 aromatic rings. The van der Waals surface area contributed by atoms with Crippen molar-refractivity contribution >= 4 is 27.7 Å². The molecule has 0 radical (unpaired) electrons. The minimum atomic E-state index is -3.77. The summed E-state index contributed by atoms with van der Waals surface area (Å²) in [7, 11) is -3.77. The van der Waals surface area contributed by atoms with Gasteiger partial charge in [0.2, 0.25) is 0 Å². The maximum Gasteiger partial charge on any atom is 0.409 e. The van der Waals surface area contributed by atoms with Gasteiger partial charge in [-0.1, -0.05) is 13.8 Å². The van der Waals surface area contributed by atoms with Gasteiger partial charge in [-0.25, -0.2) is 13.2 Å². The SMILES string of the molecule is CC(C)COC(=O)N1CCN(C(=O)c2ccc(S(=O)(=O)Nc3ccncc3)cc2)CC1. The molecule has 2 heterocycles. The van der Waals surface area contributed by atoms with Crippen LogP contribution >= 0.6 is 0 Å². The molecule has 0 bridgehead atoms. The minimum Gasteiger partial charge on any atom is -0.449 e. The molecule has 1 aliphatic rings. The first kappa shape index (κ1) is 22.5. The van der Waals surface area contributed by atoms with Crippen LogP contribution in [0.1, 0.15) is 24.2 Å². The molecule has 0 saturated carbocycles. The van der Waals surface area contributed by atoms with Crippen molar-refractivity contribution in [2.45, 2.75) is 18.7 Å². The third-order valence-corrected chi connectivity index (χ3v) is 6.11. The molecule has 3 rings (SSSR count). The summed E-state index contributed by atoms with van der Waals surface area (Å²) in [5.74, 6) is 0.0553. The van der Waals surface area contributed by atoms with E-state index in [2.05, 4.69) is 9.71 Å². The van der Waals surface area contributed by atoms with Crippen molar-refractivity contribution in [1.82, 2.24) is 14.8 Å². The smallest absolute Gasteiger partial charge is 0.409 e. The largest absolute Gasteiger partial charge is 0.449 e. The van der Waals surface area contributed by atoms with E-state index < -0.39 is 10.0 Å². The standard InChI is InChI=1S/C21H26N4O5S/c1-16(2)15-30-21(27)25-13-11-24(12-14-25)20(26)17-3-5-19(6-4-17)31(28,29)23-18-7-9-22-10-8-18/h3-10,16H,11-15H2,1-2H3,(H,22,23). The van der Waals surface area contributed by atoms with Crippen molar-refractivity contribution in [3.63, 3.8) is 0 Å². The van der Waals surface area contributed by atoms with Crippen LogP contribution in [0.25, 0.3) is 0 Å². The molecular weight excluding hydrogens is 420 g/mol. The molecule has 0 aliphatic carbocycles. The van der Waals surface area contributed by atoms with E-state index in [4.69, 9.17) is 4.74 Å². The minimum absolute atomic E-state index is 0.0542. The number of nitrogens with one attached hydrogen (secondary N) is 1. The molecule has 0 atom stereocenters. The number of carbonyl (C=O) groups is 2. The van der Waals surface area contributed by atoms with Gasteiger partial charge in [0.05, 0.1) is 17.2 Å². The molecule has 1 fully saturated rings. The summed E-state index contributed by atoms with van der Waals surface area (Å²) in [5, 5.41) is 0. The van der Waals surface area contributed by atoms with Crippen molar-refractivity contribution in [1.29, 1.82) is 0 Å².